The molecule has 0 aromatic carbocycles. The van der Waals surface area contributed by atoms with Crippen LogP contribution in [0.2, 0.25) is 5.15 Å². The summed E-state index contributed by atoms with van der Waals surface area (Å²) in [6, 6.07) is 0. The zero-order valence-corrected chi connectivity index (χ0v) is 15.3. The lowest BCUT2D eigenvalue weighted by Gasteiger charge is -2.09. The number of aromatic nitrogens is 2. The van der Waals surface area contributed by atoms with Crippen molar-refractivity contribution in [2.75, 3.05) is 5.32 Å². The van der Waals surface area contributed by atoms with Crippen LogP contribution in [-0.4, -0.2) is 22.1 Å². The van der Waals surface area contributed by atoms with Crippen LogP contribution < -0.4 is 5.32 Å². The minimum absolute atomic E-state index is 0.138. The van der Waals surface area contributed by atoms with Crippen LogP contribution in [-0.2, 0) is 4.79 Å². The number of aliphatic imine (C=N–C) groups is 1. The van der Waals surface area contributed by atoms with Crippen LogP contribution in [0.1, 0.15) is 53.7 Å². The summed E-state index contributed by atoms with van der Waals surface area (Å²) in [6.07, 6.45) is 2.84. The fourth-order valence-corrected chi connectivity index (χ4v) is 1.56. The van der Waals surface area contributed by atoms with Gasteiger partial charge in [0.25, 0.3) is 0 Å². The molecule has 1 unspecified atom stereocenters. The first kappa shape index (κ1) is 20.5. The van der Waals surface area contributed by atoms with Crippen LogP contribution in [0.3, 0.4) is 0 Å². The molecule has 22 heavy (non-hydrogen) atoms. The summed E-state index contributed by atoms with van der Waals surface area (Å²) >= 11 is 6.11. The van der Waals surface area contributed by atoms with Crippen molar-refractivity contribution in [2.24, 2.45) is 16.8 Å². The zero-order valence-electron chi connectivity index (χ0n) is 14.6. The molecule has 0 spiro atoms. The molecule has 0 saturated heterocycles. The molecule has 1 aromatic heterocycles. The molecule has 5 nitrogen and oxygen atoms in total. The minimum atomic E-state index is -0.142. The number of nitrogens with one attached hydrogen (secondary N) is 1. The van der Waals surface area contributed by atoms with Gasteiger partial charge in [-0.3, -0.25) is 15.1 Å². The van der Waals surface area contributed by atoms with Gasteiger partial charge < -0.3 is 0 Å². The zero-order chi connectivity index (χ0) is 17.3. The number of anilines is 1. The maximum atomic E-state index is 11.6. The van der Waals surface area contributed by atoms with E-state index >= 15 is 0 Å². The Hall–Kier alpha value is -1.49. The molecule has 0 aliphatic heterocycles. The molecular formula is C16H27ClN4O. The van der Waals surface area contributed by atoms with Crippen molar-refractivity contribution >= 4 is 35.4 Å². The molecule has 0 fully saturated rings. The number of rotatable bonds is 5. The number of amides is 1. The predicted molar refractivity (Wildman–Crippen MR) is 94.2 cm³/mol. The summed E-state index contributed by atoms with van der Waals surface area (Å²) in [7, 11) is 0. The second kappa shape index (κ2) is 10.3. The van der Waals surface area contributed by atoms with Crippen LogP contribution in [0.15, 0.2) is 4.99 Å². The van der Waals surface area contributed by atoms with Gasteiger partial charge in [0.2, 0.25) is 11.9 Å². The summed E-state index contributed by atoms with van der Waals surface area (Å²) in [5.41, 5.74) is 1.19. The van der Waals surface area contributed by atoms with Crippen LogP contribution >= 0.6 is 11.6 Å². The molecule has 1 N–H and O–H groups in total. The van der Waals surface area contributed by atoms with Crippen molar-refractivity contribution in [3.05, 3.63) is 10.8 Å². The van der Waals surface area contributed by atoms with Gasteiger partial charge in [-0.25, -0.2) is 4.98 Å². The first-order chi connectivity index (χ1) is 10.3. The molecule has 1 heterocycles. The van der Waals surface area contributed by atoms with E-state index in [4.69, 9.17) is 11.6 Å². The number of carbonyl (C=O) groups is 1. The Morgan fingerprint density at radius 2 is 1.91 bits per heavy atom. The lowest BCUT2D eigenvalue weighted by atomic mass is 10.1. The fourth-order valence-electron chi connectivity index (χ4n) is 1.30. The van der Waals surface area contributed by atoms with E-state index in [-0.39, 0.29) is 22.9 Å². The highest BCUT2D eigenvalue weighted by atomic mass is 35.5. The molecule has 0 aliphatic rings. The predicted octanol–water partition coefficient (Wildman–Crippen LogP) is 4.81. The molecular weight excluding hydrogens is 300 g/mol. The van der Waals surface area contributed by atoms with E-state index in [9.17, 15) is 4.79 Å². The molecule has 1 rings (SSSR count). The van der Waals surface area contributed by atoms with Gasteiger partial charge in [-0.15, -0.1) is 0 Å². The topological polar surface area (TPSA) is 67.2 Å². The fraction of sp³-hybridized carbons (Fsp3) is 0.625. The summed E-state index contributed by atoms with van der Waals surface area (Å²) in [5.74, 6) is 0.302. The second-order valence-electron chi connectivity index (χ2n) is 5.08. The Morgan fingerprint density at radius 1 is 1.32 bits per heavy atom. The van der Waals surface area contributed by atoms with E-state index in [0.29, 0.717) is 17.3 Å². The highest BCUT2D eigenvalue weighted by molar-refractivity contribution is 6.32. The Kier molecular flexibility index (Phi) is 9.58. The quantitative estimate of drug-likeness (QED) is 0.623. The normalized spacial score (nSPS) is 12.0. The third-order valence-corrected chi connectivity index (χ3v) is 3.14. The lowest BCUT2D eigenvalue weighted by molar-refractivity contribution is -0.118. The molecule has 1 atom stereocenters. The van der Waals surface area contributed by atoms with E-state index in [1.54, 1.807) is 20.8 Å². The smallest absolute Gasteiger partial charge is 0.231 e. The summed E-state index contributed by atoms with van der Waals surface area (Å²) in [5, 5.41) is 2.88. The van der Waals surface area contributed by atoms with Crippen molar-refractivity contribution in [1.82, 2.24) is 9.97 Å². The van der Waals surface area contributed by atoms with E-state index < -0.39 is 0 Å². The number of halogens is 1. The molecule has 0 bridgehead atoms. The maximum absolute atomic E-state index is 11.6. The Bertz CT molecular complexity index is 492. The largest absolute Gasteiger partial charge is 0.294 e. The molecule has 0 radical (unpaired) electrons. The van der Waals surface area contributed by atoms with E-state index in [1.807, 2.05) is 20.1 Å². The van der Waals surface area contributed by atoms with Gasteiger partial charge in [0.05, 0.1) is 5.69 Å². The number of aryl methyl sites for hydroxylation is 1. The van der Waals surface area contributed by atoms with Gasteiger partial charge in [0.15, 0.2) is 5.15 Å². The van der Waals surface area contributed by atoms with E-state index in [1.165, 1.54) is 0 Å². The van der Waals surface area contributed by atoms with Gasteiger partial charge in [-0.1, -0.05) is 53.1 Å². The van der Waals surface area contributed by atoms with Crippen LogP contribution in [0.5, 0.6) is 0 Å². The Labute approximate surface area is 138 Å². The van der Waals surface area contributed by atoms with Crippen LogP contribution in [0.4, 0.5) is 11.6 Å². The summed E-state index contributed by atoms with van der Waals surface area (Å²) < 4.78 is 0. The highest BCUT2D eigenvalue weighted by Crippen LogP contribution is 2.27. The average molecular weight is 327 g/mol. The van der Waals surface area contributed by atoms with Crippen molar-refractivity contribution in [3.63, 3.8) is 0 Å². The SMILES string of the molecule is CC.CCC(C)C=Nc1c(C)nc(NC(=O)C(C)C)nc1Cl. The van der Waals surface area contributed by atoms with Gasteiger partial charge in [0, 0.05) is 12.1 Å². The Morgan fingerprint density at radius 3 is 2.36 bits per heavy atom. The van der Waals surface area contributed by atoms with Crippen molar-refractivity contribution in [3.8, 4) is 0 Å². The first-order valence-corrected chi connectivity index (χ1v) is 8.12. The summed E-state index contributed by atoms with van der Waals surface area (Å²) in [6.45, 7) is 13.6. The van der Waals surface area contributed by atoms with Crippen LogP contribution in [0, 0.1) is 18.8 Å². The average Bonchev–Trinajstić information content (AvgIpc) is 2.47. The van der Waals surface area contributed by atoms with E-state index in [0.717, 1.165) is 6.42 Å². The molecule has 0 aliphatic carbocycles. The van der Waals surface area contributed by atoms with E-state index in [2.05, 4.69) is 34.1 Å². The maximum Gasteiger partial charge on any atom is 0.231 e. The molecule has 1 aromatic rings. The van der Waals surface area contributed by atoms with Crippen molar-refractivity contribution in [1.29, 1.82) is 0 Å². The van der Waals surface area contributed by atoms with Gasteiger partial charge in [-0.2, -0.15) is 4.98 Å². The van der Waals surface area contributed by atoms with Crippen molar-refractivity contribution < 1.29 is 4.79 Å². The standard InChI is InChI=1S/C14H21ClN4O.C2H6/c1-6-9(4)7-16-11-10(5)17-14(18-12(11)15)19-13(20)8(2)3;1-2/h7-9H,6H2,1-5H3,(H,17,18,19,20);1-2H3. The van der Waals surface area contributed by atoms with Gasteiger partial charge in [0.1, 0.15) is 5.69 Å². The lowest BCUT2D eigenvalue weighted by Crippen LogP contribution is -2.19. The number of carbonyl (C=O) groups excluding carboxylic acids is 1. The molecule has 0 saturated carbocycles. The number of nitrogens with zero attached hydrogens (tertiary/aromatic N) is 3. The third kappa shape index (κ3) is 6.52. The molecule has 1 amide bonds. The first-order valence-electron chi connectivity index (χ1n) is 7.74. The molecule has 124 valence electrons. The third-order valence-electron chi connectivity index (χ3n) is 2.88. The monoisotopic (exact) mass is 326 g/mol. The summed E-state index contributed by atoms with van der Waals surface area (Å²) in [4.78, 5) is 24.2. The number of hydrogen-bond donors (Lipinski definition) is 1. The van der Waals surface area contributed by atoms with Crippen LogP contribution in [0.25, 0.3) is 0 Å². The number of hydrogen-bond acceptors (Lipinski definition) is 4. The highest BCUT2D eigenvalue weighted by Gasteiger charge is 2.13. The van der Waals surface area contributed by atoms with Crippen molar-refractivity contribution in [2.45, 2.75) is 54.9 Å². The minimum Gasteiger partial charge on any atom is -0.294 e. The van der Waals surface area contributed by atoms with Gasteiger partial charge >= 0.3 is 0 Å². The molecule has 6 heteroatoms. The Balaban J connectivity index is 0.00000211. The second-order valence-corrected chi connectivity index (χ2v) is 5.44. The van der Waals surface area contributed by atoms with Gasteiger partial charge in [-0.05, 0) is 19.3 Å².